The molecule has 30 heavy (non-hydrogen) atoms. The fourth-order valence-electron chi connectivity index (χ4n) is 4.52. The van der Waals surface area contributed by atoms with Gasteiger partial charge in [-0.15, -0.1) is 0 Å². The van der Waals surface area contributed by atoms with E-state index in [9.17, 15) is 5.11 Å². The van der Waals surface area contributed by atoms with E-state index in [1.165, 1.54) is 16.5 Å². The molecule has 6 heteroatoms. The molecule has 0 saturated carbocycles. The number of benzene rings is 1. The smallest absolute Gasteiger partial charge is 0.210 e. The van der Waals surface area contributed by atoms with Crippen LogP contribution in [0.5, 0.6) is 11.6 Å². The molecule has 1 N–H and O–H groups in total. The summed E-state index contributed by atoms with van der Waals surface area (Å²) >= 11 is 0. The summed E-state index contributed by atoms with van der Waals surface area (Å²) in [6, 6.07) is 9.99. The Balaban J connectivity index is 1.37. The lowest BCUT2D eigenvalue weighted by atomic mass is 9.99. The first kappa shape index (κ1) is 19.3. The molecule has 0 unspecified atom stereocenters. The Morgan fingerprint density at radius 1 is 1.13 bits per heavy atom. The molecule has 0 spiro atoms. The summed E-state index contributed by atoms with van der Waals surface area (Å²) in [5, 5.41) is 12.0. The molecule has 0 atom stereocenters. The van der Waals surface area contributed by atoms with Crippen molar-refractivity contribution in [3.05, 3.63) is 48.4 Å². The molecule has 4 heterocycles. The van der Waals surface area contributed by atoms with Crippen molar-refractivity contribution in [3.8, 4) is 22.8 Å². The van der Waals surface area contributed by atoms with Crippen LogP contribution in [-0.2, 0) is 17.7 Å². The number of hydrogen-bond acceptors (Lipinski definition) is 5. The van der Waals surface area contributed by atoms with Crippen molar-refractivity contribution < 1.29 is 19.1 Å². The zero-order chi connectivity index (χ0) is 20.3. The number of pyridine rings is 2. The van der Waals surface area contributed by atoms with Crippen LogP contribution >= 0.6 is 0 Å². The quantitative estimate of drug-likeness (QED) is 0.504. The fraction of sp³-hybridized carbons (Fsp3) is 0.417. The maximum Gasteiger partial charge on any atom is 0.210 e. The molecular formula is C24H28N3O3+. The summed E-state index contributed by atoms with van der Waals surface area (Å²) in [7, 11) is 0. The number of aromatic nitrogens is 2. The standard InChI is InChI=1S/C24H27N3O3/c28-24-7-4-18(16-25-24)22-17-27-9-1-3-23(27)21-15-19(5-6-20(21)22)30-12-2-8-26-10-13-29-14-11-26/h4-7,15-17H,1-3,8-14H2/p+1. The minimum absolute atomic E-state index is 0.0460. The third-order valence-electron chi connectivity index (χ3n) is 6.09. The maximum atomic E-state index is 9.55. The van der Waals surface area contributed by atoms with Gasteiger partial charge in [-0.05, 0) is 30.7 Å². The van der Waals surface area contributed by atoms with Gasteiger partial charge in [0.15, 0.2) is 11.9 Å². The van der Waals surface area contributed by atoms with Gasteiger partial charge in [0.1, 0.15) is 12.3 Å². The number of rotatable bonds is 6. The maximum absolute atomic E-state index is 9.55. The van der Waals surface area contributed by atoms with Crippen molar-refractivity contribution in [1.29, 1.82) is 0 Å². The highest BCUT2D eigenvalue weighted by Gasteiger charge is 2.25. The van der Waals surface area contributed by atoms with Crippen LogP contribution in [0.2, 0.25) is 0 Å². The van der Waals surface area contributed by atoms with Crippen LogP contribution in [0.15, 0.2) is 42.7 Å². The van der Waals surface area contributed by atoms with Crippen molar-refractivity contribution >= 4 is 10.8 Å². The zero-order valence-corrected chi connectivity index (χ0v) is 17.2. The van der Waals surface area contributed by atoms with E-state index in [-0.39, 0.29) is 5.88 Å². The Morgan fingerprint density at radius 2 is 2.03 bits per heavy atom. The molecule has 0 amide bonds. The van der Waals surface area contributed by atoms with Crippen molar-refractivity contribution in [1.82, 2.24) is 9.88 Å². The van der Waals surface area contributed by atoms with Gasteiger partial charge in [-0.3, -0.25) is 4.90 Å². The average Bonchev–Trinajstić information content (AvgIpc) is 3.26. The Bertz CT molecular complexity index is 1030. The van der Waals surface area contributed by atoms with E-state index in [1.807, 2.05) is 6.07 Å². The van der Waals surface area contributed by atoms with Crippen LogP contribution in [-0.4, -0.2) is 54.4 Å². The normalized spacial score (nSPS) is 16.7. The summed E-state index contributed by atoms with van der Waals surface area (Å²) < 4.78 is 13.9. The molecule has 0 aliphatic carbocycles. The van der Waals surface area contributed by atoms with E-state index < -0.39 is 0 Å². The van der Waals surface area contributed by atoms with Gasteiger partial charge in [-0.25, -0.2) is 9.55 Å². The van der Waals surface area contributed by atoms with Gasteiger partial charge in [0.05, 0.1) is 30.8 Å². The molecule has 6 nitrogen and oxygen atoms in total. The van der Waals surface area contributed by atoms with E-state index >= 15 is 0 Å². The number of fused-ring (bicyclic) bond motifs is 3. The van der Waals surface area contributed by atoms with Crippen molar-refractivity contribution in [3.63, 3.8) is 0 Å². The van der Waals surface area contributed by atoms with Crippen molar-refractivity contribution in [2.75, 3.05) is 39.5 Å². The first-order valence-electron chi connectivity index (χ1n) is 10.9. The Labute approximate surface area is 176 Å². The fourth-order valence-corrected chi connectivity index (χ4v) is 4.52. The summed E-state index contributed by atoms with van der Waals surface area (Å²) in [6.07, 6.45) is 7.23. The second-order valence-corrected chi connectivity index (χ2v) is 8.05. The number of aromatic hydroxyl groups is 1. The number of ether oxygens (including phenoxy) is 2. The Morgan fingerprint density at radius 3 is 2.87 bits per heavy atom. The molecule has 0 bridgehead atoms. The van der Waals surface area contributed by atoms with E-state index in [1.54, 1.807) is 12.3 Å². The molecule has 1 saturated heterocycles. The summed E-state index contributed by atoms with van der Waals surface area (Å²) in [5.41, 5.74) is 3.53. The SMILES string of the molecule is Oc1ccc(-c2c[n+]3c(c4cc(OCCCN5CCOCC5)ccc24)CCC3)cn1. The highest BCUT2D eigenvalue weighted by Crippen LogP contribution is 2.33. The predicted octanol–water partition coefficient (Wildman–Crippen LogP) is 2.94. The van der Waals surface area contributed by atoms with E-state index in [4.69, 9.17) is 9.47 Å². The lowest BCUT2D eigenvalue weighted by molar-refractivity contribution is -0.689. The van der Waals surface area contributed by atoms with Crippen LogP contribution in [0.1, 0.15) is 18.5 Å². The largest absolute Gasteiger partial charge is 0.494 e. The minimum atomic E-state index is 0.0460. The lowest BCUT2D eigenvalue weighted by Crippen LogP contribution is -2.37. The van der Waals surface area contributed by atoms with Crippen LogP contribution in [0.3, 0.4) is 0 Å². The average molecular weight is 407 g/mol. The molecule has 0 radical (unpaired) electrons. The molecule has 3 aromatic rings. The molecule has 156 valence electrons. The lowest BCUT2D eigenvalue weighted by Gasteiger charge is -2.26. The van der Waals surface area contributed by atoms with E-state index in [0.717, 1.165) is 82.1 Å². The number of hydrogen-bond donors (Lipinski definition) is 1. The van der Waals surface area contributed by atoms with Gasteiger partial charge < -0.3 is 14.6 Å². The van der Waals surface area contributed by atoms with Gasteiger partial charge in [0, 0.05) is 55.7 Å². The molecule has 5 rings (SSSR count). The molecule has 2 aliphatic heterocycles. The first-order valence-corrected chi connectivity index (χ1v) is 10.9. The number of nitrogens with zero attached hydrogens (tertiary/aromatic N) is 3. The van der Waals surface area contributed by atoms with Gasteiger partial charge in [-0.1, -0.05) is 0 Å². The van der Waals surface area contributed by atoms with Gasteiger partial charge in [-0.2, -0.15) is 0 Å². The minimum Gasteiger partial charge on any atom is -0.494 e. The molecule has 2 aromatic heterocycles. The van der Waals surface area contributed by atoms with Gasteiger partial charge >= 0.3 is 0 Å². The van der Waals surface area contributed by atoms with Crippen molar-refractivity contribution in [2.24, 2.45) is 0 Å². The number of morpholine rings is 1. The summed E-state index contributed by atoms with van der Waals surface area (Å²) in [6.45, 7) is 6.54. The van der Waals surface area contributed by atoms with E-state index in [0.29, 0.717) is 0 Å². The van der Waals surface area contributed by atoms with Crippen LogP contribution in [0.25, 0.3) is 21.9 Å². The van der Waals surface area contributed by atoms with Crippen LogP contribution < -0.4 is 9.30 Å². The topological polar surface area (TPSA) is 58.7 Å². The molecule has 1 aromatic carbocycles. The molecule has 2 aliphatic rings. The van der Waals surface area contributed by atoms with Gasteiger partial charge in [0.2, 0.25) is 5.88 Å². The predicted molar refractivity (Wildman–Crippen MR) is 115 cm³/mol. The summed E-state index contributed by atoms with van der Waals surface area (Å²) in [4.78, 5) is 6.51. The number of aryl methyl sites for hydroxylation is 2. The van der Waals surface area contributed by atoms with Crippen molar-refractivity contribution in [2.45, 2.75) is 25.8 Å². The van der Waals surface area contributed by atoms with Crippen LogP contribution in [0, 0.1) is 0 Å². The third kappa shape index (κ3) is 3.98. The second kappa shape index (κ2) is 8.58. The second-order valence-electron chi connectivity index (χ2n) is 8.05. The first-order chi connectivity index (χ1) is 14.8. The van der Waals surface area contributed by atoms with Crippen LogP contribution in [0.4, 0.5) is 0 Å². The zero-order valence-electron chi connectivity index (χ0n) is 17.2. The third-order valence-corrected chi connectivity index (χ3v) is 6.09. The monoisotopic (exact) mass is 406 g/mol. The highest BCUT2D eigenvalue weighted by molar-refractivity contribution is 5.97. The molecule has 1 fully saturated rings. The Hall–Kier alpha value is -2.70. The highest BCUT2D eigenvalue weighted by atomic mass is 16.5. The van der Waals surface area contributed by atoms with Gasteiger partial charge in [0.25, 0.3) is 0 Å². The Kier molecular flexibility index (Phi) is 5.51. The summed E-state index contributed by atoms with van der Waals surface area (Å²) in [5.74, 6) is 0.977. The van der Waals surface area contributed by atoms with E-state index in [2.05, 4.69) is 38.8 Å². The molecular weight excluding hydrogens is 378 g/mol.